The second-order valence-electron chi connectivity index (χ2n) is 5.13. The summed E-state index contributed by atoms with van der Waals surface area (Å²) >= 11 is 3.52. The van der Waals surface area contributed by atoms with Gasteiger partial charge in [-0.2, -0.15) is 4.98 Å². The number of halogens is 1. The zero-order valence-corrected chi connectivity index (χ0v) is 13.5. The Balaban J connectivity index is 1.76. The molecule has 110 valence electrons. The molecular weight excluding hydrogens is 330 g/mol. The van der Waals surface area contributed by atoms with Crippen molar-refractivity contribution in [2.45, 2.75) is 0 Å². The second kappa shape index (κ2) is 6.41. The molecule has 1 aliphatic rings. The highest BCUT2D eigenvalue weighted by atomic mass is 79.9. The molecule has 5 nitrogen and oxygen atoms in total. The number of aromatic nitrogens is 2. The molecule has 0 unspecified atom stereocenters. The van der Waals surface area contributed by atoms with Gasteiger partial charge in [0.2, 0.25) is 5.95 Å². The quantitative estimate of drug-likeness (QED) is 0.924. The molecule has 2 heterocycles. The molecule has 1 N–H and O–H groups in total. The molecule has 0 spiro atoms. The Morgan fingerprint density at radius 2 is 1.86 bits per heavy atom. The maximum atomic E-state index is 4.62. The summed E-state index contributed by atoms with van der Waals surface area (Å²) in [6.07, 6.45) is 1.81. The van der Waals surface area contributed by atoms with Gasteiger partial charge in [0.15, 0.2) is 0 Å². The third-order valence-electron chi connectivity index (χ3n) is 3.59. The Kier molecular flexibility index (Phi) is 4.36. The maximum absolute atomic E-state index is 4.62. The highest BCUT2D eigenvalue weighted by Crippen LogP contribution is 2.24. The van der Waals surface area contributed by atoms with Crippen molar-refractivity contribution in [2.24, 2.45) is 0 Å². The van der Waals surface area contributed by atoms with Crippen molar-refractivity contribution >= 4 is 33.4 Å². The van der Waals surface area contributed by atoms with Gasteiger partial charge in [0.05, 0.1) is 5.69 Å². The summed E-state index contributed by atoms with van der Waals surface area (Å²) in [5, 5.41) is 3.25. The van der Waals surface area contributed by atoms with E-state index >= 15 is 0 Å². The van der Waals surface area contributed by atoms with Crippen LogP contribution in [0, 0.1) is 0 Å². The normalized spacial score (nSPS) is 16.0. The van der Waals surface area contributed by atoms with E-state index in [0.29, 0.717) is 5.95 Å². The minimum atomic E-state index is 0.623. The maximum Gasteiger partial charge on any atom is 0.229 e. The van der Waals surface area contributed by atoms with Gasteiger partial charge < -0.3 is 15.1 Å². The van der Waals surface area contributed by atoms with Crippen molar-refractivity contribution in [1.82, 2.24) is 14.9 Å². The van der Waals surface area contributed by atoms with E-state index in [0.717, 1.165) is 42.2 Å². The average molecular weight is 348 g/mol. The summed E-state index contributed by atoms with van der Waals surface area (Å²) in [6, 6.07) is 9.92. The van der Waals surface area contributed by atoms with Gasteiger partial charge in [0.1, 0.15) is 5.82 Å². The fourth-order valence-corrected chi connectivity index (χ4v) is 2.69. The third-order valence-corrected chi connectivity index (χ3v) is 4.28. The first kappa shape index (κ1) is 14.3. The molecule has 0 aliphatic carbocycles. The molecule has 1 fully saturated rings. The number of likely N-dealkylation sites (N-methyl/N-ethyl adjacent to an activating group) is 1. The van der Waals surface area contributed by atoms with Gasteiger partial charge in [-0.1, -0.05) is 12.1 Å². The number of piperazine rings is 1. The fourth-order valence-electron chi connectivity index (χ4n) is 2.30. The largest absolute Gasteiger partial charge is 0.354 e. The van der Waals surface area contributed by atoms with Crippen molar-refractivity contribution in [3.8, 4) is 0 Å². The molecule has 1 saturated heterocycles. The molecule has 0 saturated carbocycles. The number of hydrogen-bond acceptors (Lipinski definition) is 5. The van der Waals surface area contributed by atoms with Crippen molar-refractivity contribution in [1.29, 1.82) is 0 Å². The van der Waals surface area contributed by atoms with Gasteiger partial charge in [-0.25, -0.2) is 4.98 Å². The molecule has 1 aliphatic heterocycles. The van der Waals surface area contributed by atoms with Crippen LogP contribution in [0.2, 0.25) is 0 Å². The van der Waals surface area contributed by atoms with Crippen LogP contribution in [0.15, 0.2) is 41.0 Å². The van der Waals surface area contributed by atoms with Crippen molar-refractivity contribution < 1.29 is 0 Å². The third kappa shape index (κ3) is 3.51. The van der Waals surface area contributed by atoms with Crippen LogP contribution in [0.4, 0.5) is 17.5 Å². The van der Waals surface area contributed by atoms with Crippen LogP contribution in [0.5, 0.6) is 0 Å². The molecule has 0 bridgehead atoms. The smallest absolute Gasteiger partial charge is 0.229 e. The molecule has 0 amide bonds. The topological polar surface area (TPSA) is 44.3 Å². The summed E-state index contributed by atoms with van der Waals surface area (Å²) in [4.78, 5) is 13.6. The summed E-state index contributed by atoms with van der Waals surface area (Å²) in [7, 11) is 2.15. The summed E-state index contributed by atoms with van der Waals surface area (Å²) in [5.41, 5.74) is 0.966. The number of nitrogens with one attached hydrogen (secondary N) is 1. The standard InChI is InChI=1S/C15H18BrN5/c1-20-8-10-21(11-9-20)14-6-7-17-15(19-14)18-13-5-3-2-4-12(13)16/h2-7H,8-11H2,1H3,(H,17,18,19). The number of anilines is 3. The molecular formula is C15H18BrN5. The van der Waals surface area contributed by atoms with Crippen molar-refractivity contribution in [3.63, 3.8) is 0 Å². The Labute approximate surface area is 133 Å². The highest BCUT2D eigenvalue weighted by molar-refractivity contribution is 9.10. The lowest BCUT2D eigenvalue weighted by Gasteiger charge is -2.33. The first-order chi connectivity index (χ1) is 10.2. The molecule has 21 heavy (non-hydrogen) atoms. The van der Waals surface area contributed by atoms with E-state index < -0.39 is 0 Å². The SMILES string of the molecule is CN1CCN(c2ccnc(Nc3ccccc3Br)n2)CC1. The van der Waals surface area contributed by atoms with Gasteiger partial charge in [0, 0.05) is 36.8 Å². The van der Waals surface area contributed by atoms with E-state index in [4.69, 9.17) is 0 Å². The summed E-state index contributed by atoms with van der Waals surface area (Å²) in [6.45, 7) is 4.14. The van der Waals surface area contributed by atoms with Gasteiger partial charge in [-0.15, -0.1) is 0 Å². The zero-order chi connectivity index (χ0) is 14.7. The lowest BCUT2D eigenvalue weighted by molar-refractivity contribution is 0.312. The van der Waals surface area contributed by atoms with Crippen LogP contribution in [-0.4, -0.2) is 48.1 Å². The van der Waals surface area contributed by atoms with Crippen LogP contribution < -0.4 is 10.2 Å². The van der Waals surface area contributed by atoms with Crippen LogP contribution in [-0.2, 0) is 0 Å². The molecule has 1 aromatic heterocycles. The Morgan fingerprint density at radius 1 is 1.10 bits per heavy atom. The van der Waals surface area contributed by atoms with Crippen LogP contribution in [0.25, 0.3) is 0 Å². The first-order valence-electron chi connectivity index (χ1n) is 7.00. The number of hydrogen-bond donors (Lipinski definition) is 1. The summed E-state index contributed by atoms with van der Waals surface area (Å²) < 4.78 is 0.999. The van der Waals surface area contributed by atoms with E-state index in [1.54, 1.807) is 6.20 Å². The van der Waals surface area contributed by atoms with Crippen molar-refractivity contribution in [3.05, 3.63) is 41.0 Å². The average Bonchev–Trinajstić information content (AvgIpc) is 2.51. The highest BCUT2D eigenvalue weighted by Gasteiger charge is 2.15. The minimum Gasteiger partial charge on any atom is -0.354 e. The predicted molar refractivity (Wildman–Crippen MR) is 89.2 cm³/mol. The van der Waals surface area contributed by atoms with Gasteiger partial charge in [-0.05, 0) is 41.2 Å². The molecule has 2 aromatic rings. The lowest BCUT2D eigenvalue weighted by Crippen LogP contribution is -2.44. The first-order valence-corrected chi connectivity index (χ1v) is 7.80. The molecule has 0 atom stereocenters. The molecule has 3 rings (SSSR count). The molecule has 6 heteroatoms. The molecule has 0 radical (unpaired) electrons. The monoisotopic (exact) mass is 347 g/mol. The predicted octanol–water partition coefficient (Wildman–Crippen LogP) is 2.73. The number of benzene rings is 1. The van der Waals surface area contributed by atoms with E-state index in [9.17, 15) is 0 Å². The Morgan fingerprint density at radius 3 is 2.62 bits per heavy atom. The van der Waals surface area contributed by atoms with E-state index in [1.165, 1.54) is 0 Å². The van der Waals surface area contributed by atoms with Crippen LogP contribution in [0.3, 0.4) is 0 Å². The fraction of sp³-hybridized carbons (Fsp3) is 0.333. The molecule has 1 aromatic carbocycles. The zero-order valence-electron chi connectivity index (χ0n) is 12.0. The lowest BCUT2D eigenvalue weighted by atomic mass is 10.3. The number of para-hydroxylation sites is 1. The Bertz CT molecular complexity index is 611. The van der Waals surface area contributed by atoms with E-state index in [1.807, 2.05) is 30.3 Å². The van der Waals surface area contributed by atoms with E-state index in [-0.39, 0.29) is 0 Å². The van der Waals surface area contributed by atoms with Crippen LogP contribution in [0.1, 0.15) is 0 Å². The number of nitrogens with zero attached hydrogens (tertiary/aromatic N) is 4. The van der Waals surface area contributed by atoms with E-state index in [2.05, 4.69) is 48.1 Å². The van der Waals surface area contributed by atoms with Gasteiger partial charge in [-0.3, -0.25) is 0 Å². The Hall–Kier alpha value is -1.66. The second-order valence-corrected chi connectivity index (χ2v) is 5.99. The van der Waals surface area contributed by atoms with Gasteiger partial charge >= 0.3 is 0 Å². The van der Waals surface area contributed by atoms with Crippen molar-refractivity contribution in [2.75, 3.05) is 43.4 Å². The minimum absolute atomic E-state index is 0.623. The van der Waals surface area contributed by atoms with Gasteiger partial charge in [0.25, 0.3) is 0 Å². The van der Waals surface area contributed by atoms with Crippen LogP contribution >= 0.6 is 15.9 Å². The summed E-state index contributed by atoms with van der Waals surface area (Å²) in [5.74, 6) is 1.60. The number of rotatable bonds is 3.